The molecule has 0 bridgehead atoms. The van der Waals surface area contributed by atoms with Gasteiger partial charge in [0, 0.05) is 0 Å². The minimum atomic E-state index is -0.241. The molecule has 0 saturated carbocycles. The molecule has 0 atom stereocenters. The molecule has 0 spiro atoms. The second-order valence-electron chi connectivity index (χ2n) is 3.14. The Kier molecular flexibility index (Phi) is 2.97. The Morgan fingerprint density at radius 1 is 1.27 bits per heavy atom. The largest absolute Gasteiger partial charge is 0.244 e. The van der Waals surface area contributed by atoms with Gasteiger partial charge in [-0.15, -0.1) is 16.7 Å². The lowest BCUT2D eigenvalue weighted by Crippen LogP contribution is -2.05. The van der Waals surface area contributed by atoms with Crippen LogP contribution in [-0.4, -0.2) is 15.0 Å². The average molecular weight is 226 g/mol. The van der Waals surface area contributed by atoms with Crippen LogP contribution in [0, 0.1) is 5.82 Å². The summed E-state index contributed by atoms with van der Waals surface area (Å²) in [5.41, 5.74) is 1.81. The normalized spacial score (nSPS) is 10.5. The highest BCUT2D eigenvalue weighted by Gasteiger charge is 2.03. The number of alkyl halides is 1. The second-order valence-corrected chi connectivity index (χ2v) is 3.41. The highest BCUT2D eigenvalue weighted by Crippen LogP contribution is 2.07. The summed E-state index contributed by atoms with van der Waals surface area (Å²) >= 11 is 5.70. The number of rotatable bonds is 3. The molecule has 0 saturated heterocycles. The van der Waals surface area contributed by atoms with Gasteiger partial charge in [-0.2, -0.15) is 0 Å². The Morgan fingerprint density at radius 2 is 2.00 bits per heavy atom. The summed E-state index contributed by atoms with van der Waals surface area (Å²) in [4.78, 5) is 0. The fourth-order valence-electron chi connectivity index (χ4n) is 1.28. The van der Waals surface area contributed by atoms with E-state index in [4.69, 9.17) is 11.6 Å². The molecular formula is C10H9ClFN3. The summed E-state index contributed by atoms with van der Waals surface area (Å²) in [6.45, 7) is 0.558. The molecule has 0 unspecified atom stereocenters. The van der Waals surface area contributed by atoms with Crippen LogP contribution < -0.4 is 0 Å². The maximum absolute atomic E-state index is 12.7. The molecule has 0 aliphatic rings. The van der Waals surface area contributed by atoms with Crippen LogP contribution in [0.4, 0.5) is 4.39 Å². The number of hydrogen-bond acceptors (Lipinski definition) is 2. The van der Waals surface area contributed by atoms with Crippen LogP contribution in [-0.2, 0) is 12.4 Å². The van der Waals surface area contributed by atoms with Crippen LogP contribution in [0.3, 0.4) is 0 Å². The predicted molar refractivity (Wildman–Crippen MR) is 55.1 cm³/mol. The lowest BCUT2D eigenvalue weighted by atomic mass is 10.2. The van der Waals surface area contributed by atoms with Crippen molar-refractivity contribution in [2.75, 3.05) is 0 Å². The molecular weight excluding hydrogens is 217 g/mol. The van der Waals surface area contributed by atoms with Crippen molar-refractivity contribution >= 4 is 11.6 Å². The molecule has 2 aromatic rings. The monoisotopic (exact) mass is 225 g/mol. The summed E-state index contributed by atoms with van der Waals surface area (Å²) < 4.78 is 14.3. The minimum absolute atomic E-state index is 0.241. The van der Waals surface area contributed by atoms with E-state index in [2.05, 4.69) is 10.3 Å². The van der Waals surface area contributed by atoms with E-state index >= 15 is 0 Å². The van der Waals surface area contributed by atoms with Gasteiger partial charge in [-0.3, -0.25) is 0 Å². The highest BCUT2D eigenvalue weighted by atomic mass is 35.5. The molecule has 78 valence electrons. The van der Waals surface area contributed by atoms with E-state index in [1.807, 2.05) is 0 Å². The molecule has 15 heavy (non-hydrogen) atoms. The van der Waals surface area contributed by atoms with E-state index in [1.54, 1.807) is 23.0 Å². The van der Waals surface area contributed by atoms with E-state index < -0.39 is 0 Å². The third kappa shape index (κ3) is 2.33. The van der Waals surface area contributed by atoms with E-state index in [9.17, 15) is 4.39 Å². The van der Waals surface area contributed by atoms with Crippen LogP contribution in [0.25, 0.3) is 0 Å². The summed E-state index contributed by atoms with van der Waals surface area (Å²) in [6.07, 6.45) is 1.62. The minimum Gasteiger partial charge on any atom is -0.244 e. The van der Waals surface area contributed by atoms with Crippen molar-refractivity contribution < 1.29 is 4.39 Å². The average Bonchev–Trinajstić information content (AvgIpc) is 2.69. The summed E-state index contributed by atoms with van der Waals surface area (Å²) in [5, 5.41) is 7.65. The van der Waals surface area contributed by atoms with Crippen LogP contribution in [0.15, 0.2) is 30.5 Å². The molecule has 1 heterocycles. The third-order valence-electron chi connectivity index (χ3n) is 2.08. The van der Waals surface area contributed by atoms with Gasteiger partial charge in [0.15, 0.2) is 0 Å². The van der Waals surface area contributed by atoms with E-state index in [1.165, 1.54) is 12.1 Å². The number of hydrogen-bond donors (Lipinski definition) is 0. The van der Waals surface area contributed by atoms with Crippen LogP contribution >= 0.6 is 11.6 Å². The molecule has 5 heteroatoms. The highest BCUT2D eigenvalue weighted by molar-refractivity contribution is 6.16. The zero-order chi connectivity index (χ0) is 10.7. The zero-order valence-electron chi connectivity index (χ0n) is 7.90. The lowest BCUT2D eigenvalue weighted by molar-refractivity contribution is 0.616. The Hall–Kier alpha value is -1.42. The van der Waals surface area contributed by atoms with Crippen molar-refractivity contribution in [2.45, 2.75) is 12.4 Å². The second kappa shape index (κ2) is 4.40. The van der Waals surface area contributed by atoms with Crippen molar-refractivity contribution in [1.29, 1.82) is 0 Å². The summed E-state index contributed by atoms with van der Waals surface area (Å²) in [7, 11) is 0. The van der Waals surface area contributed by atoms with Crippen molar-refractivity contribution in [3.63, 3.8) is 0 Å². The molecule has 2 rings (SSSR count). The van der Waals surface area contributed by atoms with Gasteiger partial charge < -0.3 is 0 Å². The van der Waals surface area contributed by atoms with Crippen molar-refractivity contribution in [3.05, 3.63) is 47.5 Å². The van der Waals surface area contributed by atoms with Gasteiger partial charge in [-0.05, 0) is 17.7 Å². The Labute approximate surface area is 91.5 Å². The first kappa shape index (κ1) is 10.1. The van der Waals surface area contributed by atoms with Gasteiger partial charge in [0.2, 0.25) is 0 Å². The molecule has 0 amide bonds. The van der Waals surface area contributed by atoms with Crippen LogP contribution in [0.2, 0.25) is 0 Å². The van der Waals surface area contributed by atoms with Gasteiger partial charge >= 0.3 is 0 Å². The maximum atomic E-state index is 12.7. The smallest absolute Gasteiger partial charge is 0.123 e. The first-order chi connectivity index (χ1) is 7.29. The summed E-state index contributed by atoms with van der Waals surface area (Å²) in [6, 6.07) is 6.28. The Bertz CT molecular complexity index is 438. The van der Waals surface area contributed by atoms with E-state index in [-0.39, 0.29) is 5.82 Å². The van der Waals surface area contributed by atoms with E-state index in [0.717, 1.165) is 11.3 Å². The van der Waals surface area contributed by atoms with Gasteiger partial charge in [-0.1, -0.05) is 17.3 Å². The standard InChI is InChI=1S/C10H9ClFN3/c11-5-10-6-13-14-15(10)7-8-1-3-9(12)4-2-8/h1-4,6H,5,7H2. The van der Waals surface area contributed by atoms with E-state index in [0.29, 0.717) is 12.4 Å². The quantitative estimate of drug-likeness (QED) is 0.750. The number of aromatic nitrogens is 3. The molecule has 0 N–H and O–H groups in total. The number of halogens is 2. The Balaban J connectivity index is 2.18. The predicted octanol–water partition coefficient (Wildman–Crippen LogP) is 2.20. The van der Waals surface area contributed by atoms with Crippen molar-refractivity contribution in [1.82, 2.24) is 15.0 Å². The van der Waals surface area contributed by atoms with Gasteiger partial charge in [0.05, 0.1) is 24.3 Å². The van der Waals surface area contributed by atoms with Crippen LogP contribution in [0.5, 0.6) is 0 Å². The fraction of sp³-hybridized carbons (Fsp3) is 0.200. The first-order valence-electron chi connectivity index (χ1n) is 4.47. The van der Waals surface area contributed by atoms with Gasteiger partial charge in [0.1, 0.15) is 5.82 Å². The number of benzene rings is 1. The fourth-order valence-corrected chi connectivity index (χ4v) is 1.49. The first-order valence-corrected chi connectivity index (χ1v) is 5.01. The molecule has 3 nitrogen and oxygen atoms in total. The van der Waals surface area contributed by atoms with Gasteiger partial charge in [-0.25, -0.2) is 9.07 Å². The van der Waals surface area contributed by atoms with Gasteiger partial charge in [0.25, 0.3) is 0 Å². The Morgan fingerprint density at radius 3 is 2.67 bits per heavy atom. The molecule has 0 radical (unpaired) electrons. The van der Waals surface area contributed by atoms with Crippen LogP contribution in [0.1, 0.15) is 11.3 Å². The van der Waals surface area contributed by atoms with Crippen molar-refractivity contribution in [3.8, 4) is 0 Å². The third-order valence-corrected chi connectivity index (χ3v) is 2.35. The molecule has 1 aromatic heterocycles. The lowest BCUT2D eigenvalue weighted by Gasteiger charge is -2.03. The maximum Gasteiger partial charge on any atom is 0.123 e. The SMILES string of the molecule is Fc1ccc(Cn2nncc2CCl)cc1. The molecule has 1 aromatic carbocycles. The molecule has 0 aliphatic carbocycles. The van der Waals surface area contributed by atoms with Crippen molar-refractivity contribution in [2.24, 2.45) is 0 Å². The molecule has 0 aliphatic heterocycles. The molecule has 0 fully saturated rings. The zero-order valence-corrected chi connectivity index (χ0v) is 8.65. The summed E-state index contributed by atoms with van der Waals surface area (Å²) in [5.74, 6) is 0.128. The number of nitrogens with zero attached hydrogens (tertiary/aromatic N) is 3. The topological polar surface area (TPSA) is 30.7 Å².